The van der Waals surface area contributed by atoms with E-state index in [9.17, 15) is 0 Å². The molecule has 6 N–H and O–H groups in total. The van der Waals surface area contributed by atoms with E-state index >= 15 is 0 Å². The number of aromatic nitrogens is 3. The lowest BCUT2D eigenvalue weighted by molar-refractivity contribution is 0.765. The average Bonchev–Trinajstić information content (AvgIpc) is 2.90. The zero-order valence-electron chi connectivity index (χ0n) is 13.4. The summed E-state index contributed by atoms with van der Waals surface area (Å²) in [7, 11) is 0. The number of hydrogen-bond acceptors (Lipinski definition) is 3. The zero-order valence-corrected chi connectivity index (χ0v) is 13.4. The molecular formula is C16H18N8. The van der Waals surface area contributed by atoms with Crippen LogP contribution in [0.1, 0.15) is 11.1 Å². The van der Waals surface area contributed by atoms with Gasteiger partial charge in [0.05, 0.1) is 11.4 Å². The molecule has 3 rings (SSSR count). The summed E-state index contributed by atoms with van der Waals surface area (Å²) in [5.74, 6) is -0.149. The summed E-state index contributed by atoms with van der Waals surface area (Å²) in [5.41, 5.74) is 21.4. The van der Waals surface area contributed by atoms with Crippen LogP contribution >= 0.6 is 0 Å². The number of benzene rings is 2. The molecular weight excluding hydrogens is 304 g/mol. The highest BCUT2D eigenvalue weighted by Gasteiger charge is 2.08. The number of nitrogens with two attached hydrogens (primary N) is 3. The molecule has 3 aromatic rings. The van der Waals surface area contributed by atoms with Gasteiger partial charge in [-0.3, -0.25) is 0 Å². The van der Waals surface area contributed by atoms with Gasteiger partial charge in [0.25, 0.3) is 0 Å². The number of hydrogen-bond donors (Lipinski definition) is 3. The molecule has 8 heteroatoms. The molecule has 2 aromatic carbocycles. The van der Waals surface area contributed by atoms with Crippen LogP contribution in [0.15, 0.2) is 46.4 Å². The Bertz CT molecular complexity index is 946. The van der Waals surface area contributed by atoms with E-state index < -0.39 is 0 Å². The van der Waals surface area contributed by atoms with Crippen LogP contribution in [-0.4, -0.2) is 26.9 Å². The van der Waals surface area contributed by atoms with Crippen LogP contribution in [0.3, 0.4) is 0 Å². The van der Waals surface area contributed by atoms with Crippen LogP contribution in [0.4, 0.5) is 5.69 Å². The van der Waals surface area contributed by atoms with Gasteiger partial charge in [0.1, 0.15) is 11.0 Å². The number of nitrogens with zero attached hydrogens (tertiary/aromatic N) is 5. The third-order valence-corrected chi connectivity index (χ3v) is 3.44. The third kappa shape index (κ3) is 3.17. The first kappa shape index (κ1) is 15.5. The second-order valence-corrected chi connectivity index (χ2v) is 5.46. The fourth-order valence-electron chi connectivity index (χ4n) is 2.25. The third-order valence-electron chi connectivity index (χ3n) is 3.44. The van der Waals surface area contributed by atoms with E-state index in [2.05, 4.69) is 20.2 Å². The Kier molecular flexibility index (Phi) is 3.87. The lowest BCUT2D eigenvalue weighted by Gasteiger charge is -2.00. The maximum atomic E-state index is 5.69. The van der Waals surface area contributed by atoms with Gasteiger partial charge >= 0.3 is 0 Å². The van der Waals surface area contributed by atoms with Crippen LogP contribution in [0.25, 0.3) is 16.7 Å². The van der Waals surface area contributed by atoms with Gasteiger partial charge in [0.15, 0.2) is 5.96 Å². The molecule has 0 aliphatic heterocycles. The molecule has 1 heterocycles. The Labute approximate surface area is 138 Å². The minimum Gasteiger partial charge on any atom is -0.370 e. The molecule has 0 aliphatic rings. The standard InChI is InChI=1S/C16H18N8/c1-9-3-5-11(6-4-9)24-22-13-7-10(2)12(8-14(13)23-24)20-16(19)21-15(17)18/h3-8H,1-2H3,(H6,17,18,19,20,21). The van der Waals surface area contributed by atoms with E-state index in [1.54, 1.807) is 10.9 Å². The van der Waals surface area contributed by atoms with Crippen molar-refractivity contribution in [2.75, 3.05) is 0 Å². The van der Waals surface area contributed by atoms with Gasteiger partial charge < -0.3 is 17.2 Å². The van der Waals surface area contributed by atoms with Gasteiger partial charge in [0.2, 0.25) is 5.96 Å². The van der Waals surface area contributed by atoms with Gasteiger partial charge in [-0.15, -0.1) is 10.2 Å². The molecule has 0 aliphatic carbocycles. The number of rotatable bonds is 2. The molecule has 8 nitrogen and oxygen atoms in total. The van der Waals surface area contributed by atoms with E-state index in [0.29, 0.717) is 11.2 Å². The molecule has 0 radical (unpaired) electrons. The van der Waals surface area contributed by atoms with E-state index in [1.807, 2.05) is 44.2 Å². The Morgan fingerprint density at radius 1 is 0.958 bits per heavy atom. The highest BCUT2D eigenvalue weighted by atomic mass is 15.5. The van der Waals surface area contributed by atoms with Crippen molar-refractivity contribution in [3.05, 3.63) is 47.5 Å². The van der Waals surface area contributed by atoms with Gasteiger partial charge in [-0.2, -0.15) is 9.79 Å². The van der Waals surface area contributed by atoms with Gasteiger partial charge in [-0.05, 0) is 43.7 Å². The zero-order chi connectivity index (χ0) is 17.3. The molecule has 0 amide bonds. The molecule has 0 bridgehead atoms. The Morgan fingerprint density at radius 2 is 1.58 bits per heavy atom. The maximum absolute atomic E-state index is 5.69. The van der Waals surface area contributed by atoms with Crippen LogP contribution in [0.2, 0.25) is 0 Å². The van der Waals surface area contributed by atoms with E-state index in [1.165, 1.54) is 5.56 Å². The number of aliphatic imine (C=N–C) groups is 2. The van der Waals surface area contributed by atoms with Crippen molar-refractivity contribution >= 4 is 28.6 Å². The lowest BCUT2D eigenvalue weighted by Crippen LogP contribution is -2.26. The van der Waals surface area contributed by atoms with Gasteiger partial charge in [-0.1, -0.05) is 17.7 Å². The smallest absolute Gasteiger partial charge is 0.223 e. The highest BCUT2D eigenvalue weighted by Crippen LogP contribution is 2.24. The maximum Gasteiger partial charge on any atom is 0.223 e. The van der Waals surface area contributed by atoms with Crippen molar-refractivity contribution in [2.45, 2.75) is 13.8 Å². The molecule has 24 heavy (non-hydrogen) atoms. The first-order valence-electron chi connectivity index (χ1n) is 7.31. The monoisotopic (exact) mass is 322 g/mol. The van der Waals surface area contributed by atoms with Crippen molar-refractivity contribution in [2.24, 2.45) is 27.2 Å². The minimum atomic E-state index is -0.139. The summed E-state index contributed by atoms with van der Waals surface area (Å²) < 4.78 is 0. The summed E-state index contributed by atoms with van der Waals surface area (Å²) in [6.07, 6.45) is 0. The first-order chi connectivity index (χ1) is 11.4. The van der Waals surface area contributed by atoms with Crippen molar-refractivity contribution in [3.63, 3.8) is 0 Å². The van der Waals surface area contributed by atoms with Crippen LogP contribution in [-0.2, 0) is 0 Å². The molecule has 0 atom stereocenters. The number of guanidine groups is 2. The topological polar surface area (TPSA) is 133 Å². The fourth-order valence-corrected chi connectivity index (χ4v) is 2.25. The van der Waals surface area contributed by atoms with Gasteiger partial charge in [-0.25, -0.2) is 4.99 Å². The van der Waals surface area contributed by atoms with Crippen LogP contribution in [0.5, 0.6) is 0 Å². The summed E-state index contributed by atoms with van der Waals surface area (Å²) in [6, 6.07) is 11.7. The minimum absolute atomic E-state index is 0.0108. The lowest BCUT2D eigenvalue weighted by atomic mass is 10.2. The summed E-state index contributed by atoms with van der Waals surface area (Å²) in [5, 5.41) is 8.99. The highest BCUT2D eigenvalue weighted by molar-refractivity contribution is 5.94. The summed E-state index contributed by atoms with van der Waals surface area (Å²) >= 11 is 0. The predicted octanol–water partition coefficient (Wildman–Crippen LogP) is 1.26. The largest absolute Gasteiger partial charge is 0.370 e. The Hall–Kier alpha value is -3.42. The molecule has 1 aromatic heterocycles. The van der Waals surface area contributed by atoms with E-state index in [4.69, 9.17) is 17.2 Å². The summed E-state index contributed by atoms with van der Waals surface area (Å²) in [6.45, 7) is 3.94. The molecule has 0 saturated carbocycles. The molecule has 0 saturated heterocycles. The molecule has 122 valence electrons. The van der Waals surface area contributed by atoms with Crippen LogP contribution in [0, 0.1) is 13.8 Å². The number of fused-ring (bicyclic) bond motifs is 1. The summed E-state index contributed by atoms with van der Waals surface area (Å²) in [4.78, 5) is 9.52. The Balaban J connectivity index is 2.05. The molecule has 0 unspecified atom stereocenters. The predicted molar refractivity (Wildman–Crippen MR) is 95.4 cm³/mol. The SMILES string of the molecule is Cc1ccc(-n2nc3cc(C)c(N=C(N)N=C(N)N)cc3n2)cc1. The van der Waals surface area contributed by atoms with Crippen molar-refractivity contribution in [1.82, 2.24) is 15.0 Å². The van der Waals surface area contributed by atoms with E-state index in [-0.39, 0.29) is 11.9 Å². The second-order valence-electron chi connectivity index (χ2n) is 5.46. The molecule has 0 fully saturated rings. The van der Waals surface area contributed by atoms with Crippen molar-refractivity contribution in [1.29, 1.82) is 0 Å². The van der Waals surface area contributed by atoms with E-state index in [0.717, 1.165) is 16.8 Å². The van der Waals surface area contributed by atoms with Crippen molar-refractivity contribution < 1.29 is 0 Å². The average molecular weight is 322 g/mol. The number of aryl methyl sites for hydroxylation is 2. The quantitative estimate of drug-likeness (QED) is 0.482. The second kappa shape index (κ2) is 5.99. The normalized spacial score (nSPS) is 11.7. The first-order valence-corrected chi connectivity index (χ1v) is 7.31. The van der Waals surface area contributed by atoms with Crippen LogP contribution < -0.4 is 17.2 Å². The molecule has 0 spiro atoms. The van der Waals surface area contributed by atoms with Gasteiger partial charge in [0, 0.05) is 0 Å². The van der Waals surface area contributed by atoms with Crippen molar-refractivity contribution in [3.8, 4) is 5.69 Å². The fraction of sp³-hybridized carbons (Fsp3) is 0.125. The Morgan fingerprint density at radius 3 is 2.21 bits per heavy atom.